The van der Waals surface area contributed by atoms with Gasteiger partial charge in [-0.25, -0.2) is 13.1 Å². The number of hydrogen-bond acceptors (Lipinski definition) is 4. The molecule has 2 aliphatic carbocycles. The number of fused-ring (bicyclic) bond motifs is 2. The molecule has 0 aromatic rings. The molecule has 0 aromatic carbocycles. The molecule has 20 heavy (non-hydrogen) atoms. The summed E-state index contributed by atoms with van der Waals surface area (Å²) in [7, 11) is -3.14. The molecule has 0 saturated heterocycles. The third-order valence-corrected chi connectivity index (χ3v) is 5.03. The van der Waals surface area contributed by atoms with Gasteiger partial charge in [0.15, 0.2) is 0 Å². The van der Waals surface area contributed by atoms with Crippen LogP contribution in [0.3, 0.4) is 0 Å². The lowest BCUT2D eigenvalue weighted by molar-refractivity contribution is -0.127. The number of nitrogens with two attached hydrogens (primary N) is 1. The van der Waals surface area contributed by atoms with Gasteiger partial charge in [0.05, 0.1) is 12.2 Å². The Morgan fingerprint density at radius 2 is 1.90 bits per heavy atom. The molecule has 0 heterocycles. The Labute approximate surface area is 126 Å². The summed E-state index contributed by atoms with van der Waals surface area (Å²) in [4.78, 5) is 12.1. The summed E-state index contributed by atoms with van der Waals surface area (Å²) in [6, 6.07) is 0.00731. The third-order valence-electron chi connectivity index (χ3n) is 4.30. The number of amides is 1. The molecular weight excluding hydrogens is 302 g/mol. The Morgan fingerprint density at radius 1 is 1.25 bits per heavy atom. The van der Waals surface area contributed by atoms with Gasteiger partial charge in [-0.05, 0) is 37.5 Å². The maximum Gasteiger partial charge on any atom is 0.224 e. The van der Waals surface area contributed by atoms with E-state index in [1.54, 1.807) is 0 Å². The van der Waals surface area contributed by atoms with Crippen LogP contribution >= 0.6 is 12.4 Å². The molecule has 0 aliphatic heterocycles. The molecule has 4 atom stereocenters. The first kappa shape index (κ1) is 17.7. The minimum Gasteiger partial charge on any atom is -0.356 e. The van der Waals surface area contributed by atoms with Crippen LogP contribution in [-0.4, -0.2) is 39.7 Å². The molecule has 0 spiro atoms. The van der Waals surface area contributed by atoms with Gasteiger partial charge in [-0.15, -0.1) is 12.4 Å². The largest absolute Gasteiger partial charge is 0.356 e. The highest BCUT2D eigenvalue weighted by Gasteiger charge is 2.48. The van der Waals surface area contributed by atoms with Gasteiger partial charge < -0.3 is 11.1 Å². The summed E-state index contributed by atoms with van der Waals surface area (Å²) in [6.07, 6.45) is 5.09. The van der Waals surface area contributed by atoms with Crippen molar-refractivity contribution in [2.24, 2.45) is 23.5 Å². The molecule has 4 unspecified atom stereocenters. The third kappa shape index (κ3) is 4.31. The first-order valence-electron chi connectivity index (χ1n) is 6.86. The lowest BCUT2D eigenvalue weighted by Gasteiger charge is -2.27. The highest BCUT2D eigenvalue weighted by molar-refractivity contribution is 7.88. The summed E-state index contributed by atoms with van der Waals surface area (Å²) in [5.74, 6) is 0.975. The molecule has 2 rings (SSSR count). The predicted octanol–water partition coefficient (Wildman–Crippen LogP) is -0.163. The standard InChI is InChI=1S/C12H23N3O3S.ClH/c1-19(17,18)15-6-2-5-14-12(16)10-8-3-4-9(7-8)11(10)13;/h8-11,15H,2-7,13H2,1H3,(H,14,16);1H. The van der Waals surface area contributed by atoms with E-state index in [9.17, 15) is 13.2 Å². The zero-order chi connectivity index (χ0) is 14.0. The van der Waals surface area contributed by atoms with E-state index in [0.29, 0.717) is 31.3 Å². The van der Waals surface area contributed by atoms with Gasteiger partial charge in [0.2, 0.25) is 15.9 Å². The van der Waals surface area contributed by atoms with Crippen LogP contribution in [0.4, 0.5) is 0 Å². The number of sulfonamides is 1. The molecule has 2 saturated carbocycles. The van der Waals surface area contributed by atoms with Crippen LogP contribution < -0.4 is 15.8 Å². The van der Waals surface area contributed by atoms with Gasteiger partial charge in [-0.2, -0.15) is 0 Å². The quantitative estimate of drug-likeness (QED) is 0.590. The van der Waals surface area contributed by atoms with Crippen LogP contribution in [0.25, 0.3) is 0 Å². The molecule has 118 valence electrons. The lowest BCUT2D eigenvalue weighted by Crippen LogP contribution is -2.45. The van der Waals surface area contributed by atoms with E-state index < -0.39 is 10.0 Å². The first-order valence-corrected chi connectivity index (χ1v) is 8.75. The van der Waals surface area contributed by atoms with Gasteiger partial charge >= 0.3 is 0 Å². The zero-order valence-corrected chi connectivity index (χ0v) is 13.3. The number of halogens is 1. The van der Waals surface area contributed by atoms with Crippen LogP contribution in [0.15, 0.2) is 0 Å². The zero-order valence-electron chi connectivity index (χ0n) is 11.7. The SMILES string of the molecule is CS(=O)(=O)NCCCNC(=O)C1C2CCC(C2)C1N.Cl. The van der Waals surface area contributed by atoms with Gasteiger partial charge in [-0.3, -0.25) is 4.79 Å². The van der Waals surface area contributed by atoms with Crippen molar-refractivity contribution in [2.75, 3.05) is 19.3 Å². The van der Waals surface area contributed by atoms with Crippen molar-refractivity contribution in [3.63, 3.8) is 0 Å². The van der Waals surface area contributed by atoms with Crippen molar-refractivity contribution >= 4 is 28.3 Å². The number of rotatable bonds is 6. The second-order valence-electron chi connectivity index (χ2n) is 5.75. The van der Waals surface area contributed by atoms with Gasteiger partial charge in [0, 0.05) is 19.1 Å². The fraction of sp³-hybridized carbons (Fsp3) is 0.917. The first-order chi connectivity index (χ1) is 8.88. The minimum absolute atomic E-state index is 0. The van der Waals surface area contributed by atoms with E-state index in [2.05, 4.69) is 10.0 Å². The minimum atomic E-state index is -3.14. The fourth-order valence-electron chi connectivity index (χ4n) is 3.40. The molecule has 4 N–H and O–H groups in total. The van der Waals surface area contributed by atoms with Crippen LogP contribution in [0.1, 0.15) is 25.7 Å². The molecule has 8 heteroatoms. The van der Waals surface area contributed by atoms with Gasteiger partial charge in [0.1, 0.15) is 0 Å². The molecule has 2 bridgehead atoms. The summed E-state index contributed by atoms with van der Waals surface area (Å²) in [6.45, 7) is 0.837. The molecular formula is C12H24ClN3O3S. The van der Waals surface area contributed by atoms with Crippen molar-refractivity contribution in [1.82, 2.24) is 10.0 Å². The van der Waals surface area contributed by atoms with E-state index in [4.69, 9.17) is 5.73 Å². The Hall–Kier alpha value is -0.370. The van der Waals surface area contributed by atoms with Crippen molar-refractivity contribution in [1.29, 1.82) is 0 Å². The molecule has 2 fully saturated rings. The van der Waals surface area contributed by atoms with Crippen LogP contribution in [0.2, 0.25) is 0 Å². The van der Waals surface area contributed by atoms with Crippen molar-refractivity contribution in [3.05, 3.63) is 0 Å². The average molecular weight is 326 g/mol. The second kappa shape index (κ2) is 7.06. The van der Waals surface area contributed by atoms with Crippen molar-refractivity contribution in [2.45, 2.75) is 31.7 Å². The summed E-state index contributed by atoms with van der Waals surface area (Å²) >= 11 is 0. The van der Waals surface area contributed by atoms with Gasteiger partial charge in [-0.1, -0.05) is 0 Å². The summed E-state index contributed by atoms with van der Waals surface area (Å²) < 4.78 is 24.1. The fourth-order valence-corrected chi connectivity index (χ4v) is 3.92. The predicted molar refractivity (Wildman–Crippen MR) is 80.0 cm³/mol. The van der Waals surface area contributed by atoms with Crippen molar-refractivity contribution in [3.8, 4) is 0 Å². The highest BCUT2D eigenvalue weighted by atomic mass is 35.5. The average Bonchev–Trinajstić information content (AvgIpc) is 2.87. The monoisotopic (exact) mass is 325 g/mol. The number of hydrogen-bond donors (Lipinski definition) is 3. The van der Waals surface area contributed by atoms with Gasteiger partial charge in [0.25, 0.3) is 0 Å². The Morgan fingerprint density at radius 3 is 2.45 bits per heavy atom. The van der Waals surface area contributed by atoms with Crippen LogP contribution in [-0.2, 0) is 14.8 Å². The number of carbonyl (C=O) groups is 1. The van der Waals surface area contributed by atoms with Crippen molar-refractivity contribution < 1.29 is 13.2 Å². The van der Waals surface area contributed by atoms with E-state index in [0.717, 1.165) is 25.5 Å². The Bertz CT molecular complexity index is 441. The van der Waals surface area contributed by atoms with E-state index in [1.807, 2.05) is 0 Å². The molecule has 1 amide bonds. The summed E-state index contributed by atoms with van der Waals surface area (Å²) in [5.41, 5.74) is 6.10. The normalized spacial score (nSPS) is 31.9. The summed E-state index contributed by atoms with van der Waals surface area (Å²) in [5, 5.41) is 2.87. The van der Waals surface area contributed by atoms with E-state index in [1.165, 1.54) is 0 Å². The van der Waals surface area contributed by atoms with E-state index in [-0.39, 0.29) is 30.3 Å². The lowest BCUT2D eigenvalue weighted by atomic mass is 9.84. The van der Waals surface area contributed by atoms with Crippen LogP contribution in [0.5, 0.6) is 0 Å². The Balaban J connectivity index is 0.00000200. The smallest absolute Gasteiger partial charge is 0.224 e. The molecule has 0 radical (unpaired) electrons. The van der Waals surface area contributed by atoms with E-state index >= 15 is 0 Å². The Kier molecular flexibility index (Phi) is 6.25. The topological polar surface area (TPSA) is 101 Å². The molecule has 0 aromatic heterocycles. The number of nitrogens with one attached hydrogen (secondary N) is 2. The maximum atomic E-state index is 12.1. The molecule has 6 nitrogen and oxygen atoms in total. The highest BCUT2D eigenvalue weighted by Crippen LogP contribution is 2.47. The second-order valence-corrected chi connectivity index (χ2v) is 7.58. The number of carbonyl (C=O) groups excluding carboxylic acids is 1. The van der Waals surface area contributed by atoms with Crippen LogP contribution in [0, 0.1) is 17.8 Å². The maximum absolute atomic E-state index is 12.1. The molecule has 2 aliphatic rings.